The molecule has 1 heterocycles. The van der Waals surface area contributed by atoms with Crippen LogP contribution in [0, 0.1) is 13.7 Å². The smallest absolute Gasteiger partial charge is 0.358 e. The Labute approximate surface area is 97.0 Å². The second kappa shape index (κ2) is 4.75. The highest BCUT2D eigenvalue weighted by Gasteiger charge is 2.25. The zero-order valence-electron chi connectivity index (χ0n) is 7.28. The van der Waals surface area contributed by atoms with E-state index in [-0.39, 0.29) is 15.7 Å². The van der Waals surface area contributed by atoms with Crippen LogP contribution in [0.25, 0.3) is 0 Å². The minimum absolute atomic E-state index is 0.124. The third-order valence-corrected chi connectivity index (χ3v) is 2.46. The van der Waals surface area contributed by atoms with Gasteiger partial charge in [-0.3, -0.25) is 0 Å². The van der Waals surface area contributed by atoms with E-state index in [1.54, 1.807) is 22.6 Å². The second-order valence-corrected chi connectivity index (χ2v) is 3.76. The molecule has 0 amide bonds. The van der Waals surface area contributed by atoms with Gasteiger partial charge in [0.15, 0.2) is 0 Å². The summed E-state index contributed by atoms with van der Waals surface area (Å²) in [6.07, 6.45) is -2.86. The average molecular weight is 329 g/mol. The minimum Gasteiger partial charge on any atom is -0.358 e. The fourth-order valence-electron chi connectivity index (χ4n) is 1.01. The van der Waals surface area contributed by atoms with Crippen molar-refractivity contribution in [3.8, 4) is 0 Å². The van der Waals surface area contributed by atoms with E-state index < -0.39 is 22.9 Å². The van der Waals surface area contributed by atoms with Crippen LogP contribution in [0.4, 0.5) is 14.6 Å². The first-order valence-corrected chi connectivity index (χ1v) is 4.87. The molecule has 0 aliphatic carbocycles. The molecular weight excluding hydrogens is 323 g/mol. The van der Waals surface area contributed by atoms with E-state index in [2.05, 4.69) is 4.98 Å². The Balaban J connectivity index is 3.37. The number of hydrogen-bond acceptors (Lipinski definition) is 4. The van der Waals surface area contributed by atoms with Crippen molar-refractivity contribution in [3.63, 3.8) is 0 Å². The Morgan fingerprint density at radius 2 is 2.27 bits per heavy atom. The first-order chi connectivity index (χ1) is 6.97. The van der Waals surface area contributed by atoms with E-state index >= 15 is 0 Å². The Hall–Kier alpha value is -0.900. The molecule has 0 bridgehead atoms. The summed E-state index contributed by atoms with van der Waals surface area (Å²) in [5.74, 6) is -0.567. The van der Waals surface area contributed by atoms with Crippen LogP contribution < -0.4 is 5.73 Å². The highest BCUT2D eigenvalue weighted by atomic mass is 127. The molecule has 2 N–H and O–H groups in total. The van der Waals surface area contributed by atoms with Crippen LogP contribution in [0.3, 0.4) is 0 Å². The van der Waals surface area contributed by atoms with Crippen LogP contribution in [0.1, 0.15) is 17.7 Å². The van der Waals surface area contributed by atoms with Gasteiger partial charge in [-0.25, -0.2) is 8.78 Å². The van der Waals surface area contributed by atoms with Gasteiger partial charge in [0.25, 0.3) is 0 Å². The second-order valence-electron chi connectivity index (χ2n) is 2.60. The fraction of sp³-hybridized carbons (Fsp3) is 0.286. The Kier molecular flexibility index (Phi) is 3.85. The number of hydrogen-bond donors (Lipinski definition) is 1. The maximum atomic E-state index is 12.4. The van der Waals surface area contributed by atoms with Gasteiger partial charge in [-0.1, -0.05) is 0 Å². The molecule has 0 aromatic carbocycles. The van der Waals surface area contributed by atoms with Crippen LogP contribution in [-0.4, -0.2) is 9.91 Å². The lowest BCUT2D eigenvalue weighted by Crippen LogP contribution is -2.08. The Morgan fingerprint density at radius 3 is 2.67 bits per heavy atom. The van der Waals surface area contributed by atoms with Gasteiger partial charge < -0.3 is 15.8 Å². The summed E-state index contributed by atoms with van der Waals surface area (Å²) >= 11 is 1.66. The summed E-state index contributed by atoms with van der Waals surface area (Å²) in [7, 11) is 0. The quantitative estimate of drug-likeness (QED) is 0.522. The molecule has 8 heteroatoms. The molecule has 0 saturated carbocycles. The maximum Gasteiger partial charge on any atom is 0.377 e. The monoisotopic (exact) mass is 329 g/mol. The molecule has 0 unspecified atom stereocenters. The van der Waals surface area contributed by atoms with Gasteiger partial charge in [0.05, 0.1) is 0 Å². The molecule has 1 aromatic rings. The summed E-state index contributed by atoms with van der Waals surface area (Å²) in [6, 6.07) is 1.26. The standard InChI is InChI=1S/C7H6F2IN3O2/c8-6(9)5-3(2-11)1-4(10)7(12-5)13(14)15/h1,6H,2,11H2. The zero-order chi connectivity index (χ0) is 11.6. The molecule has 0 aliphatic rings. The number of halogens is 3. The van der Waals surface area contributed by atoms with Gasteiger partial charge in [-0.15, -0.1) is 0 Å². The van der Waals surface area contributed by atoms with E-state index in [0.29, 0.717) is 0 Å². The number of rotatable bonds is 3. The topological polar surface area (TPSA) is 82.0 Å². The van der Waals surface area contributed by atoms with E-state index in [4.69, 9.17) is 5.73 Å². The summed E-state index contributed by atoms with van der Waals surface area (Å²) < 4.78 is 25.1. The lowest BCUT2D eigenvalue weighted by Gasteiger charge is -2.03. The number of aromatic nitrogens is 1. The van der Waals surface area contributed by atoms with Crippen molar-refractivity contribution < 1.29 is 13.7 Å². The fourth-order valence-corrected chi connectivity index (χ4v) is 1.70. The first-order valence-electron chi connectivity index (χ1n) is 3.79. The van der Waals surface area contributed by atoms with Crippen LogP contribution in [0.15, 0.2) is 6.07 Å². The molecule has 1 aromatic heterocycles. The molecule has 0 saturated heterocycles. The third kappa shape index (κ3) is 2.56. The molecular formula is C7H6F2IN3O2. The molecule has 0 spiro atoms. The van der Waals surface area contributed by atoms with Gasteiger partial charge in [0.2, 0.25) is 5.69 Å². The minimum atomic E-state index is -2.86. The van der Waals surface area contributed by atoms with Crippen molar-refractivity contribution >= 4 is 28.4 Å². The maximum absolute atomic E-state index is 12.4. The van der Waals surface area contributed by atoms with Gasteiger partial charge in [0, 0.05) is 12.1 Å². The SMILES string of the molecule is NCc1cc(I)c([N+](=O)[O-])nc1C(F)F. The number of alkyl halides is 2. The first kappa shape index (κ1) is 12.2. The molecule has 15 heavy (non-hydrogen) atoms. The van der Waals surface area contributed by atoms with Gasteiger partial charge in [-0.05, 0) is 38.6 Å². The molecule has 0 radical (unpaired) electrons. The molecule has 0 fully saturated rings. The summed E-state index contributed by atoms with van der Waals surface area (Å²) in [4.78, 5) is 13.0. The van der Waals surface area contributed by atoms with Gasteiger partial charge in [-0.2, -0.15) is 0 Å². The van der Waals surface area contributed by atoms with Crippen LogP contribution in [0.2, 0.25) is 0 Å². The van der Waals surface area contributed by atoms with Crippen molar-refractivity contribution in [2.75, 3.05) is 0 Å². The third-order valence-electron chi connectivity index (χ3n) is 1.67. The molecule has 0 aliphatic heterocycles. The van der Waals surface area contributed by atoms with Crippen molar-refractivity contribution in [2.45, 2.75) is 13.0 Å². The normalized spacial score (nSPS) is 10.7. The molecule has 1 rings (SSSR count). The summed E-state index contributed by atoms with van der Waals surface area (Å²) in [6.45, 7) is -0.124. The number of nitrogens with two attached hydrogens (primary N) is 1. The highest BCUT2D eigenvalue weighted by Crippen LogP contribution is 2.27. The van der Waals surface area contributed by atoms with Crippen LogP contribution >= 0.6 is 22.6 Å². The predicted molar refractivity (Wildman–Crippen MR) is 56.5 cm³/mol. The number of nitro groups is 1. The Morgan fingerprint density at radius 1 is 1.67 bits per heavy atom. The van der Waals surface area contributed by atoms with Crippen LogP contribution in [-0.2, 0) is 6.54 Å². The van der Waals surface area contributed by atoms with Gasteiger partial charge in [0.1, 0.15) is 3.57 Å². The van der Waals surface area contributed by atoms with Gasteiger partial charge >= 0.3 is 12.2 Å². The lowest BCUT2D eigenvalue weighted by atomic mass is 10.2. The van der Waals surface area contributed by atoms with E-state index in [9.17, 15) is 18.9 Å². The van der Waals surface area contributed by atoms with E-state index in [1.807, 2.05) is 0 Å². The zero-order valence-corrected chi connectivity index (χ0v) is 9.44. The Bertz CT molecular complexity index is 400. The molecule has 0 atom stereocenters. The lowest BCUT2D eigenvalue weighted by molar-refractivity contribution is -0.390. The summed E-state index contributed by atoms with van der Waals surface area (Å²) in [5.41, 5.74) is 4.74. The average Bonchev–Trinajstić information content (AvgIpc) is 2.16. The predicted octanol–water partition coefficient (Wildman–Crippen LogP) is 1.99. The van der Waals surface area contributed by atoms with E-state index in [1.165, 1.54) is 6.07 Å². The largest absolute Gasteiger partial charge is 0.377 e. The van der Waals surface area contributed by atoms with Crippen molar-refractivity contribution in [2.24, 2.45) is 5.73 Å². The summed E-state index contributed by atoms with van der Waals surface area (Å²) in [5, 5.41) is 10.5. The highest BCUT2D eigenvalue weighted by molar-refractivity contribution is 14.1. The number of pyridine rings is 1. The van der Waals surface area contributed by atoms with E-state index in [0.717, 1.165) is 0 Å². The van der Waals surface area contributed by atoms with Crippen molar-refractivity contribution in [1.82, 2.24) is 4.98 Å². The molecule has 5 nitrogen and oxygen atoms in total. The van der Waals surface area contributed by atoms with Crippen molar-refractivity contribution in [3.05, 3.63) is 31.0 Å². The number of nitrogens with zero attached hydrogens (tertiary/aromatic N) is 2. The molecule has 82 valence electrons. The van der Waals surface area contributed by atoms with Crippen molar-refractivity contribution in [1.29, 1.82) is 0 Å². The van der Waals surface area contributed by atoms with Crippen LogP contribution in [0.5, 0.6) is 0 Å².